The molecule has 1 spiro atoms. The van der Waals surface area contributed by atoms with Crippen LogP contribution in [-0.4, -0.2) is 70.8 Å². The minimum Gasteiger partial charge on any atom is -0.378 e. The highest BCUT2D eigenvalue weighted by atomic mass is 16.5. The van der Waals surface area contributed by atoms with Gasteiger partial charge in [-0.1, -0.05) is 19.3 Å². The molecule has 3 fully saturated rings. The van der Waals surface area contributed by atoms with E-state index in [9.17, 15) is 9.59 Å². The van der Waals surface area contributed by atoms with Gasteiger partial charge < -0.3 is 14.5 Å². The van der Waals surface area contributed by atoms with E-state index in [-0.39, 0.29) is 17.2 Å². The molecule has 29 heavy (non-hydrogen) atoms. The van der Waals surface area contributed by atoms with Crippen molar-refractivity contribution in [1.29, 1.82) is 0 Å². The van der Waals surface area contributed by atoms with Crippen molar-refractivity contribution in [3.05, 3.63) is 18.0 Å². The minimum absolute atomic E-state index is 0.0938. The Labute approximate surface area is 173 Å². The van der Waals surface area contributed by atoms with Crippen LogP contribution in [0.4, 0.5) is 0 Å². The van der Waals surface area contributed by atoms with E-state index in [1.54, 1.807) is 10.9 Å². The van der Waals surface area contributed by atoms with Gasteiger partial charge in [0.05, 0.1) is 13.2 Å². The molecule has 2 aliphatic heterocycles. The summed E-state index contributed by atoms with van der Waals surface area (Å²) in [5.74, 6) is 0.749. The third-order valence-corrected chi connectivity index (χ3v) is 7.25. The Hall–Kier alpha value is -1.89. The monoisotopic (exact) mass is 402 g/mol. The maximum atomic E-state index is 13.2. The average molecular weight is 403 g/mol. The number of ether oxygens (including phenoxy) is 1. The van der Waals surface area contributed by atoms with Crippen LogP contribution in [0.1, 0.15) is 62.4 Å². The molecule has 1 unspecified atom stereocenters. The molecule has 3 heterocycles. The Balaban J connectivity index is 1.44. The van der Waals surface area contributed by atoms with Crippen LogP contribution in [-0.2, 0) is 16.1 Å². The highest BCUT2D eigenvalue weighted by Gasteiger charge is 2.48. The fraction of sp³-hybridized carbons (Fsp3) is 0.773. The summed E-state index contributed by atoms with van der Waals surface area (Å²) in [4.78, 5) is 29.9. The second kappa shape index (κ2) is 8.86. The Morgan fingerprint density at radius 1 is 1.17 bits per heavy atom. The Bertz CT molecular complexity index is 719. The van der Waals surface area contributed by atoms with Crippen molar-refractivity contribution < 1.29 is 14.3 Å². The van der Waals surface area contributed by atoms with Gasteiger partial charge in [0.2, 0.25) is 5.91 Å². The van der Waals surface area contributed by atoms with Crippen LogP contribution in [0.25, 0.3) is 0 Å². The molecule has 1 aromatic rings. The standard InChI is InChI=1S/C22H34N4O3/c1-2-26-19(8-11-23-26)21(28)25-16-18(22(17-25)9-4-3-5-10-22)6-7-20(27)24-12-14-29-15-13-24/h8,11,18H,2-7,9-10,12-17H2,1H3. The van der Waals surface area contributed by atoms with Gasteiger partial charge >= 0.3 is 0 Å². The minimum atomic E-state index is 0.0938. The Morgan fingerprint density at radius 2 is 1.93 bits per heavy atom. The zero-order valence-electron chi connectivity index (χ0n) is 17.6. The lowest BCUT2D eigenvalue weighted by molar-refractivity contribution is -0.135. The maximum absolute atomic E-state index is 13.2. The van der Waals surface area contributed by atoms with Gasteiger partial charge in [0.1, 0.15) is 5.69 Å². The van der Waals surface area contributed by atoms with Crippen molar-refractivity contribution in [3.63, 3.8) is 0 Å². The number of aryl methyl sites for hydroxylation is 1. The quantitative estimate of drug-likeness (QED) is 0.759. The van der Waals surface area contributed by atoms with E-state index in [0.29, 0.717) is 50.9 Å². The van der Waals surface area contributed by atoms with Crippen molar-refractivity contribution in [1.82, 2.24) is 19.6 Å². The summed E-state index contributed by atoms with van der Waals surface area (Å²) in [5.41, 5.74) is 0.875. The molecule has 1 aromatic heterocycles. The SMILES string of the molecule is CCn1nccc1C(=O)N1CC(CCC(=O)N2CCOCC2)C2(CCCCC2)C1. The smallest absolute Gasteiger partial charge is 0.272 e. The molecule has 1 saturated carbocycles. The number of hydrogen-bond donors (Lipinski definition) is 0. The second-order valence-electron chi connectivity index (χ2n) is 8.87. The van der Waals surface area contributed by atoms with E-state index < -0.39 is 0 Å². The van der Waals surface area contributed by atoms with Crippen LogP contribution in [0.2, 0.25) is 0 Å². The number of carbonyl (C=O) groups is 2. The normalized spacial score (nSPS) is 24.2. The highest BCUT2D eigenvalue weighted by Crippen LogP contribution is 2.49. The van der Waals surface area contributed by atoms with E-state index in [1.807, 2.05) is 22.8 Å². The van der Waals surface area contributed by atoms with Crippen LogP contribution in [0, 0.1) is 11.3 Å². The number of rotatable bonds is 5. The molecule has 0 aromatic carbocycles. The number of aromatic nitrogens is 2. The first-order valence-corrected chi connectivity index (χ1v) is 11.3. The third-order valence-electron chi connectivity index (χ3n) is 7.25. The van der Waals surface area contributed by atoms with Gasteiger partial charge in [0.25, 0.3) is 5.91 Å². The first-order valence-electron chi connectivity index (χ1n) is 11.3. The first kappa shape index (κ1) is 20.4. The van der Waals surface area contributed by atoms with Gasteiger partial charge in [-0.3, -0.25) is 14.3 Å². The summed E-state index contributed by atoms with van der Waals surface area (Å²) in [6.45, 7) is 7.02. The molecule has 0 N–H and O–H groups in total. The lowest BCUT2D eigenvalue weighted by Gasteiger charge is -2.38. The van der Waals surface area contributed by atoms with Crippen LogP contribution < -0.4 is 0 Å². The van der Waals surface area contributed by atoms with Crippen molar-refractivity contribution in [3.8, 4) is 0 Å². The highest BCUT2D eigenvalue weighted by molar-refractivity contribution is 5.92. The van der Waals surface area contributed by atoms with Crippen LogP contribution in [0.5, 0.6) is 0 Å². The number of carbonyl (C=O) groups excluding carboxylic acids is 2. The molecule has 1 aliphatic carbocycles. The lowest BCUT2D eigenvalue weighted by atomic mass is 9.66. The fourth-order valence-electron chi connectivity index (χ4n) is 5.60. The molecule has 3 aliphatic rings. The molecular weight excluding hydrogens is 368 g/mol. The van der Waals surface area contributed by atoms with Gasteiger partial charge in [-0.2, -0.15) is 5.10 Å². The Kier molecular flexibility index (Phi) is 6.23. The molecule has 7 nitrogen and oxygen atoms in total. The van der Waals surface area contributed by atoms with Crippen LogP contribution in [0.15, 0.2) is 12.3 Å². The molecule has 1 atom stereocenters. The van der Waals surface area contributed by atoms with E-state index >= 15 is 0 Å². The number of likely N-dealkylation sites (tertiary alicyclic amines) is 1. The fourth-order valence-corrected chi connectivity index (χ4v) is 5.60. The van der Waals surface area contributed by atoms with E-state index in [2.05, 4.69) is 5.10 Å². The topological polar surface area (TPSA) is 67.7 Å². The molecule has 4 rings (SSSR count). The zero-order chi connectivity index (χ0) is 20.3. The summed E-state index contributed by atoms with van der Waals surface area (Å²) >= 11 is 0. The zero-order valence-corrected chi connectivity index (χ0v) is 17.6. The lowest BCUT2D eigenvalue weighted by Crippen LogP contribution is -2.41. The maximum Gasteiger partial charge on any atom is 0.272 e. The van der Waals surface area contributed by atoms with E-state index in [0.717, 1.165) is 19.5 Å². The number of nitrogens with zero attached hydrogens (tertiary/aromatic N) is 4. The molecular formula is C22H34N4O3. The summed E-state index contributed by atoms with van der Waals surface area (Å²) in [7, 11) is 0. The van der Waals surface area contributed by atoms with Gasteiger partial charge in [0.15, 0.2) is 0 Å². The van der Waals surface area contributed by atoms with E-state index in [4.69, 9.17) is 4.74 Å². The summed E-state index contributed by atoms with van der Waals surface area (Å²) in [5, 5.41) is 4.27. The van der Waals surface area contributed by atoms with Crippen molar-refractivity contribution in [2.75, 3.05) is 39.4 Å². The van der Waals surface area contributed by atoms with Gasteiger partial charge in [0, 0.05) is 45.3 Å². The predicted octanol–water partition coefficient (Wildman–Crippen LogP) is 2.56. The van der Waals surface area contributed by atoms with Gasteiger partial charge in [-0.15, -0.1) is 0 Å². The summed E-state index contributed by atoms with van der Waals surface area (Å²) in [6.07, 6.45) is 9.31. The number of hydrogen-bond acceptors (Lipinski definition) is 4. The molecule has 0 radical (unpaired) electrons. The van der Waals surface area contributed by atoms with Crippen LogP contribution >= 0.6 is 0 Å². The predicted molar refractivity (Wildman–Crippen MR) is 109 cm³/mol. The second-order valence-corrected chi connectivity index (χ2v) is 8.87. The number of amides is 2. The summed E-state index contributed by atoms with van der Waals surface area (Å²) in [6, 6.07) is 1.83. The Morgan fingerprint density at radius 3 is 2.66 bits per heavy atom. The average Bonchev–Trinajstić information content (AvgIpc) is 3.37. The van der Waals surface area contributed by atoms with Crippen molar-refractivity contribution in [2.24, 2.45) is 11.3 Å². The third kappa shape index (κ3) is 4.20. The van der Waals surface area contributed by atoms with Crippen LogP contribution in [0.3, 0.4) is 0 Å². The number of morpholine rings is 1. The molecule has 2 saturated heterocycles. The molecule has 160 valence electrons. The largest absolute Gasteiger partial charge is 0.378 e. The molecule has 7 heteroatoms. The molecule has 0 bridgehead atoms. The summed E-state index contributed by atoms with van der Waals surface area (Å²) < 4.78 is 7.15. The molecule has 2 amide bonds. The van der Waals surface area contributed by atoms with E-state index in [1.165, 1.54) is 32.1 Å². The van der Waals surface area contributed by atoms with Crippen molar-refractivity contribution in [2.45, 2.75) is 58.4 Å². The first-order chi connectivity index (χ1) is 14.1. The van der Waals surface area contributed by atoms with Gasteiger partial charge in [-0.05, 0) is 43.6 Å². The van der Waals surface area contributed by atoms with Gasteiger partial charge in [-0.25, -0.2) is 0 Å². The van der Waals surface area contributed by atoms with Crippen molar-refractivity contribution >= 4 is 11.8 Å².